The molecule has 1 saturated heterocycles. The van der Waals surface area contributed by atoms with Crippen molar-refractivity contribution >= 4 is 5.91 Å². The molecule has 0 atom stereocenters. The third kappa shape index (κ3) is 3.68. The van der Waals surface area contributed by atoms with E-state index in [1.165, 1.54) is 0 Å². The van der Waals surface area contributed by atoms with Crippen molar-refractivity contribution in [2.45, 2.75) is 6.54 Å². The number of carbonyl (C=O) groups is 1. The molecule has 5 nitrogen and oxygen atoms in total. The fourth-order valence-electron chi connectivity index (χ4n) is 3.19. The first-order valence-corrected chi connectivity index (χ1v) is 8.86. The van der Waals surface area contributed by atoms with Gasteiger partial charge in [0.15, 0.2) is 0 Å². The second-order valence-electron chi connectivity index (χ2n) is 6.44. The minimum absolute atomic E-state index is 0.109. The van der Waals surface area contributed by atoms with Crippen LogP contribution in [0, 0.1) is 0 Å². The second kappa shape index (κ2) is 7.54. The van der Waals surface area contributed by atoms with E-state index in [0.29, 0.717) is 5.89 Å². The molecule has 1 aliphatic heterocycles. The summed E-state index contributed by atoms with van der Waals surface area (Å²) in [4.78, 5) is 21.3. The van der Waals surface area contributed by atoms with Gasteiger partial charge in [0, 0.05) is 43.9 Å². The van der Waals surface area contributed by atoms with Gasteiger partial charge in [0.2, 0.25) is 5.89 Å². The van der Waals surface area contributed by atoms with Crippen molar-refractivity contribution in [3.63, 3.8) is 0 Å². The number of nitrogens with zero attached hydrogens (tertiary/aromatic N) is 3. The first-order chi connectivity index (χ1) is 12.8. The lowest BCUT2D eigenvalue weighted by Crippen LogP contribution is -2.48. The van der Waals surface area contributed by atoms with Crippen LogP contribution in [-0.4, -0.2) is 46.9 Å². The van der Waals surface area contributed by atoms with E-state index in [2.05, 4.69) is 9.88 Å². The molecule has 2 aromatic carbocycles. The number of aromatic nitrogens is 1. The van der Waals surface area contributed by atoms with Crippen LogP contribution < -0.4 is 0 Å². The number of hydrogen-bond donors (Lipinski definition) is 0. The molecule has 1 amide bonds. The standard InChI is InChI=1S/C21H21N3O2/c25-21(18-9-5-2-6-10-18)24-13-11-23(12-14-24)15-19-16-26-20(22-19)17-7-3-1-4-8-17/h1-10,16H,11-15H2. The van der Waals surface area contributed by atoms with Crippen molar-refractivity contribution in [1.29, 1.82) is 0 Å². The Kier molecular flexibility index (Phi) is 4.80. The summed E-state index contributed by atoms with van der Waals surface area (Å²) in [6, 6.07) is 19.4. The van der Waals surface area contributed by atoms with E-state index in [1.54, 1.807) is 6.26 Å². The van der Waals surface area contributed by atoms with E-state index in [-0.39, 0.29) is 5.91 Å². The molecule has 3 aromatic rings. The van der Waals surface area contributed by atoms with Gasteiger partial charge in [-0.25, -0.2) is 4.98 Å². The Morgan fingerprint density at radius 1 is 0.923 bits per heavy atom. The summed E-state index contributed by atoms with van der Waals surface area (Å²) in [5.74, 6) is 0.761. The van der Waals surface area contributed by atoms with Gasteiger partial charge in [-0.1, -0.05) is 36.4 Å². The highest BCUT2D eigenvalue weighted by molar-refractivity contribution is 5.94. The molecule has 0 spiro atoms. The minimum atomic E-state index is 0.109. The molecular formula is C21H21N3O2. The maximum Gasteiger partial charge on any atom is 0.253 e. The summed E-state index contributed by atoms with van der Waals surface area (Å²) >= 11 is 0. The van der Waals surface area contributed by atoms with Crippen molar-refractivity contribution in [3.8, 4) is 11.5 Å². The highest BCUT2D eigenvalue weighted by atomic mass is 16.3. The SMILES string of the molecule is O=C(c1ccccc1)N1CCN(Cc2coc(-c3ccccc3)n2)CC1. The van der Waals surface area contributed by atoms with Crippen LogP contribution in [0.25, 0.3) is 11.5 Å². The second-order valence-corrected chi connectivity index (χ2v) is 6.44. The van der Waals surface area contributed by atoms with Crippen LogP contribution in [0.5, 0.6) is 0 Å². The van der Waals surface area contributed by atoms with Gasteiger partial charge in [-0.05, 0) is 24.3 Å². The lowest BCUT2D eigenvalue weighted by molar-refractivity contribution is 0.0627. The van der Waals surface area contributed by atoms with E-state index in [4.69, 9.17) is 4.42 Å². The number of oxazole rings is 1. The van der Waals surface area contributed by atoms with Crippen molar-refractivity contribution in [1.82, 2.24) is 14.8 Å². The quantitative estimate of drug-likeness (QED) is 0.727. The average Bonchev–Trinajstić information content (AvgIpc) is 3.18. The molecular weight excluding hydrogens is 326 g/mol. The van der Waals surface area contributed by atoms with Crippen LogP contribution in [0.3, 0.4) is 0 Å². The van der Waals surface area contributed by atoms with E-state index in [1.807, 2.05) is 65.6 Å². The third-order valence-electron chi connectivity index (χ3n) is 4.64. The van der Waals surface area contributed by atoms with E-state index >= 15 is 0 Å². The summed E-state index contributed by atoms with van der Waals surface area (Å²) in [7, 11) is 0. The van der Waals surface area contributed by atoms with Crippen molar-refractivity contribution in [3.05, 3.63) is 78.2 Å². The number of piperazine rings is 1. The lowest BCUT2D eigenvalue weighted by atomic mass is 10.2. The Morgan fingerprint density at radius 2 is 1.58 bits per heavy atom. The smallest absolute Gasteiger partial charge is 0.253 e. The number of hydrogen-bond acceptors (Lipinski definition) is 4. The number of carbonyl (C=O) groups excluding carboxylic acids is 1. The van der Waals surface area contributed by atoms with E-state index in [9.17, 15) is 4.79 Å². The van der Waals surface area contributed by atoms with Crippen molar-refractivity contribution in [2.24, 2.45) is 0 Å². The molecule has 1 fully saturated rings. The Labute approximate surface area is 152 Å². The molecule has 0 saturated carbocycles. The van der Waals surface area contributed by atoms with Gasteiger partial charge in [-0.15, -0.1) is 0 Å². The molecule has 1 aromatic heterocycles. The zero-order chi connectivity index (χ0) is 17.8. The molecule has 0 unspecified atom stereocenters. The largest absolute Gasteiger partial charge is 0.444 e. The summed E-state index contributed by atoms with van der Waals surface area (Å²) < 4.78 is 5.61. The minimum Gasteiger partial charge on any atom is -0.444 e. The molecule has 0 N–H and O–H groups in total. The molecule has 0 aliphatic carbocycles. The molecule has 1 aliphatic rings. The maximum absolute atomic E-state index is 12.5. The highest BCUT2D eigenvalue weighted by Gasteiger charge is 2.22. The third-order valence-corrected chi connectivity index (χ3v) is 4.64. The molecule has 132 valence electrons. The molecule has 26 heavy (non-hydrogen) atoms. The van der Waals surface area contributed by atoms with Gasteiger partial charge < -0.3 is 9.32 Å². The topological polar surface area (TPSA) is 49.6 Å². The summed E-state index contributed by atoms with van der Waals surface area (Å²) in [5.41, 5.74) is 2.66. The Hall–Kier alpha value is -2.92. The Balaban J connectivity index is 1.33. The Morgan fingerprint density at radius 3 is 2.27 bits per heavy atom. The first kappa shape index (κ1) is 16.5. The highest BCUT2D eigenvalue weighted by Crippen LogP contribution is 2.19. The summed E-state index contributed by atoms with van der Waals surface area (Å²) in [5, 5.41) is 0. The fraction of sp³-hybridized carbons (Fsp3) is 0.238. The van der Waals surface area contributed by atoms with Crippen LogP contribution in [0.15, 0.2) is 71.3 Å². The van der Waals surface area contributed by atoms with Crippen LogP contribution in [0.1, 0.15) is 16.1 Å². The maximum atomic E-state index is 12.5. The van der Waals surface area contributed by atoms with Gasteiger partial charge in [0.05, 0.1) is 5.69 Å². The molecule has 4 rings (SSSR count). The molecule has 2 heterocycles. The van der Waals surface area contributed by atoms with Gasteiger partial charge in [-0.3, -0.25) is 9.69 Å². The zero-order valence-electron chi connectivity index (χ0n) is 14.5. The first-order valence-electron chi connectivity index (χ1n) is 8.86. The predicted molar refractivity (Wildman–Crippen MR) is 99.6 cm³/mol. The average molecular weight is 347 g/mol. The number of amides is 1. The van der Waals surface area contributed by atoms with Gasteiger partial charge in [-0.2, -0.15) is 0 Å². The number of rotatable bonds is 4. The van der Waals surface area contributed by atoms with Gasteiger partial charge in [0.1, 0.15) is 6.26 Å². The lowest BCUT2D eigenvalue weighted by Gasteiger charge is -2.34. The van der Waals surface area contributed by atoms with Crippen LogP contribution in [0.4, 0.5) is 0 Å². The predicted octanol–water partition coefficient (Wildman–Crippen LogP) is 3.30. The molecule has 0 bridgehead atoms. The van der Waals surface area contributed by atoms with Gasteiger partial charge in [0.25, 0.3) is 5.91 Å². The van der Waals surface area contributed by atoms with Crippen molar-refractivity contribution < 1.29 is 9.21 Å². The molecule has 5 heteroatoms. The monoisotopic (exact) mass is 347 g/mol. The van der Waals surface area contributed by atoms with Crippen LogP contribution in [-0.2, 0) is 6.54 Å². The normalized spacial score (nSPS) is 15.2. The van der Waals surface area contributed by atoms with E-state index in [0.717, 1.165) is 49.5 Å². The zero-order valence-corrected chi connectivity index (χ0v) is 14.5. The Bertz CT molecular complexity index is 853. The van der Waals surface area contributed by atoms with E-state index < -0.39 is 0 Å². The summed E-state index contributed by atoms with van der Waals surface area (Å²) in [6.45, 7) is 3.89. The molecule has 0 radical (unpaired) electrons. The summed E-state index contributed by atoms with van der Waals surface area (Å²) in [6.07, 6.45) is 1.73. The van der Waals surface area contributed by atoms with Crippen LogP contribution in [0.2, 0.25) is 0 Å². The fourth-order valence-corrected chi connectivity index (χ4v) is 3.19. The van der Waals surface area contributed by atoms with Crippen molar-refractivity contribution in [2.75, 3.05) is 26.2 Å². The van der Waals surface area contributed by atoms with Crippen LogP contribution >= 0.6 is 0 Å². The number of benzene rings is 2. The van der Waals surface area contributed by atoms with Gasteiger partial charge >= 0.3 is 0 Å².